The number of aliphatic hydroxyl groups is 1. The van der Waals surface area contributed by atoms with Crippen molar-refractivity contribution < 1.29 is 19.3 Å². The van der Waals surface area contributed by atoms with Crippen LogP contribution >= 0.6 is 0 Å². The summed E-state index contributed by atoms with van der Waals surface area (Å²) in [7, 11) is 0. The van der Waals surface area contributed by atoms with Crippen LogP contribution in [-0.2, 0) is 27.4 Å². The third-order valence-electron chi connectivity index (χ3n) is 7.34. The molecule has 0 bridgehead atoms. The van der Waals surface area contributed by atoms with Crippen LogP contribution < -0.4 is 5.73 Å². The van der Waals surface area contributed by atoms with E-state index in [9.17, 15) is 5.11 Å². The predicted molar refractivity (Wildman–Crippen MR) is 140 cm³/mol. The molecule has 2 saturated heterocycles. The molecular formula is C30H36N2O4. The molecule has 0 spiro atoms. The zero-order valence-electron chi connectivity index (χ0n) is 20.9. The standard InChI is InChI=1S/C30H36N2O4/c1-21-28(19-32-13-15-34-16-14-32)35-30(36-29(21)25-7-5-22(20-33)6-8-25)26-11-9-24(10-12-26)27-4-2-3-23(17-27)18-31/h2-12,17,21,28-30,33H,13-16,18-20,31H2,1H3/t21-,28+,29+,30+/m1/s1. The van der Waals surface area contributed by atoms with E-state index in [-0.39, 0.29) is 24.7 Å². The molecule has 0 radical (unpaired) electrons. The molecule has 2 aliphatic heterocycles. The maximum Gasteiger partial charge on any atom is 0.184 e. The van der Waals surface area contributed by atoms with Gasteiger partial charge in [0.2, 0.25) is 0 Å². The number of hydrogen-bond acceptors (Lipinski definition) is 6. The lowest BCUT2D eigenvalue weighted by Crippen LogP contribution is -2.47. The Kier molecular flexibility index (Phi) is 8.12. The number of nitrogens with zero attached hydrogens (tertiary/aromatic N) is 1. The van der Waals surface area contributed by atoms with Crippen molar-refractivity contribution in [2.24, 2.45) is 11.7 Å². The minimum absolute atomic E-state index is 0.0188. The first-order valence-electron chi connectivity index (χ1n) is 12.8. The van der Waals surface area contributed by atoms with Gasteiger partial charge in [-0.05, 0) is 33.9 Å². The zero-order valence-corrected chi connectivity index (χ0v) is 20.9. The summed E-state index contributed by atoms with van der Waals surface area (Å²) in [6, 6.07) is 24.8. The van der Waals surface area contributed by atoms with Crippen LogP contribution in [0, 0.1) is 5.92 Å². The van der Waals surface area contributed by atoms with Crippen LogP contribution in [0.5, 0.6) is 0 Å². The molecule has 190 valence electrons. The topological polar surface area (TPSA) is 77.2 Å². The van der Waals surface area contributed by atoms with E-state index in [1.54, 1.807) is 0 Å². The predicted octanol–water partition coefficient (Wildman–Crippen LogP) is 4.43. The number of aliphatic hydroxyl groups excluding tert-OH is 1. The molecule has 0 aromatic heterocycles. The van der Waals surface area contributed by atoms with E-state index in [0.717, 1.165) is 66.2 Å². The van der Waals surface area contributed by atoms with Crippen LogP contribution in [0.25, 0.3) is 11.1 Å². The molecule has 2 aliphatic rings. The molecule has 36 heavy (non-hydrogen) atoms. The Morgan fingerprint density at radius 3 is 2.28 bits per heavy atom. The molecule has 2 fully saturated rings. The first-order valence-corrected chi connectivity index (χ1v) is 12.8. The van der Waals surface area contributed by atoms with E-state index < -0.39 is 6.29 Å². The maximum atomic E-state index is 9.47. The van der Waals surface area contributed by atoms with Gasteiger partial charge in [-0.3, -0.25) is 4.90 Å². The van der Waals surface area contributed by atoms with Crippen LogP contribution in [0.3, 0.4) is 0 Å². The third kappa shape index (κ3) is 5.70. The average Bonchev–Trinajstić information content (AvgIpc) is 2.95. The summed E-state index contributed by atoms with van der Waals surface area (Å²) in [6.07, 6.45) is -0.548. The van der Waals surface area contributed by atoms with Crippen LogP contribution in [0.15, 0.2) is 72.8 Å². The first-order chi connectivity index (χ1) is 17.6. The lowest BCUT2D eigenvalue weighted by Gasteiger charge is -2.43. The normalized spacial score (nSPS) is 25.1. The summed E-state index contributed by atoms with van der Waals surface area (Å²) >= 11 is 0. The smallest absolute Gasteiger partial charge is 0.184 e. The average molecular weight is 489 g/mol. The van der Waals surface area contributed by atoms with Crippen LogP contribution in [0.4, 0.5) is 0 Å². The Labute approximate surface area is 213 Å². The van der Waals surface area contributed by atoms with Crippen molar-refractivity contribution in [3.8, 4) is 11.1 Å². The second-order valence-corrected chi connectivity index (χ2v) is 9.76. The van der Waals surface area contributed by atoms with Gasteiger partial charge in [0.05, 0.1) is 32.0 Å². The summed E-state index contributed by atoms with van der Waals surface area (Å²) in [6.45, 7) is 6.99. The van der Waals surface area contributed by atoms with E-state index in [1.165, 1.54) is 0 Å². The molecule has 5 rings (SSSR count). The Bertz CT molecular complexity index is 1110. The molecule has 0 saturated carbocycles. The van der Waals surface area contributed by atoms with Gasteiger partial charge >= 0.3 is 0 Å². The van der Waals surface area contributed by atoms with Gasteiger partial charge in [0, 0.05) is 37.7 Å². The van der Waals surface area contributed by atoms with Gasteiger partial charge in [0.15, 0.2) is 6.29 Å². The third-order valence-corrected chi connectivity index (χ3v) is 7.34. The second kappa shape index (κ2) is 11.6. The van der Waals surface area contributed by atoms with Gasteiger partial charge in [0.25, 0.3) is 0 Å². The summed E-state index contributed by atoms with van der Waals surface area (Å²) in [5.41, 5.74) is 12.2. The quantitative estimate of drug-likeness (QED) is 0.513. The summed E-state index contributed by atoms with van der Waals surface area (Å²) in [4.78, 5) is 2.42. The number of hydrogen-bond donors (Lipinski definition) is 2. The molecular weight excluding hydrogens is 452 g/mol. The number of ether oxygens (including phenoxy) is 3. The van der Waals surface area contributed by atoms with Gasteiger partial charge < -0.3 is 25.1 Å². The minimum Gasteiger partial charge on any atom is -0.392 e. The van der Waals surface area contributed by atoms with E-state index in [2.05, 4.69) is 60.4 Å². The zero-order chi connectivity index (χ0) is 24.9. The molecule has 0 unspecified atom stereocenters. The lowest BCUT2D eigenvalue weighted by molar-refractivity contribution is -0.277. The number of morpholine rings is 1. The fraction of sp³-hybridized carbons (Fsp3) is 0.400. The highest BCUT2D eigenvalue weighted by Crippen LogP contribution is 2.42. The molecule has 6 nitrogen and oxygen atoms in total. The summed E-state index contributed by atoms with van der Waals surface area (Å²) in [5.74, 6) is 0.169. The Morgan fingerprint density at radius 2 is 1.58 bits per heavy atom. The van der Waals surface area contributed by atoms with Gasteiger partial charge in [-0.15, -0.1) is 0 Å². The first kappa shape index (κ1) is 25.1. The molecule has 4 atom stereocenters. The van der Waals surface area contributed by atoms with E-state index >= 15 is 0 Å². The minimum atomic E-state index is -0.459. The van der Waals surface area contributed by atoms with Crippen molar-refractivity contribution in [2.45, 2.75) is 38.6 Å². The molecule has 3 aromatic rings. The Morgan fingerprint density at radius 1 is 0.861 bits per heavy atom. The number of rotatable bonds is 7. The molecule has 0 aliphatic carbocycles. The Balaban J connectivity index is 1.39. The van der Waals surface area contributed by atoms with Crippen LogP contribution in [0.1, 0.15) is 41.6 Å². The molecule has 2 heterocycles. The highest BCUT2D eigenvalue weighted by molar-refractivity contribution is 5.64. The van der Waals surface area contributed by atoms with Gasteiger partial charge in [-0.1, -0.05) is 73.7 Å². The fourth-order valence-corrected chi connectivity index (χ4v) is 5.08. The highest BCUT2D eigenvalue weighted by Gasteiger charge is 2.39. The number of nitrogens with two attached hydrogens (primary N) is 1. The van der Waals surface area contributed by atoms with Crippen molar-refractivity contribution in [1.29, 1.82) is 0 Å². The Hall–Kier alpha value is -2.58. The van der Waals surface area contributed by atoms with E-state index in [1.807, 2.05) is 24.3 Å². The van der Waals surface area contributed by atoms with Crippen molar-refractivity contribution in [1.82, 2.24) is 4.90 Å². The summed E-state index contributed by atoms with van der Waals surface area (Å²) < 4.78 is 18.8. The lowest BCUT2D eigenvalue weighted by atomic mass is 9.90. The number of benzene rings is 3. The van der Waals surface area contributed by atoms with Crippen molar-refractivity contribution >= 4 is 0 Å². The van der Waals surface area contributed by atoms with Crippen molar-refractivity contribution in [2.75, 3.05) is 32.8 Å². The largest absolute Gasteiger partial charge is 0.392 e. The van der Waals surface area contributed by atoms with Gasteiger partial charge in [-0.25, -0.2) is 0 Å². The SMILES string of the molecule is C[C@@H]1[C@H](CN2CCOCC2)O[C@H](c2ccc(-c3cccc(CN)c3)cc2)O[C@@H]1c1ccc(CO)cc1. The summed E-state index contributed by atoms with van der Waals surface area (Å²) in [5, 5.41) is 9.47. The van der Waals surface area contributed by atoms with Crippen molar-refractivity contribution in [3.05, 3.63) is 95.1 Å². The van der Waals surface area contributed by atoms with Crippen LogP contribution in [0.2, 0.25) is 0 Å². The molecule has 3 aromatic carbocycles. The van der Waals surface area contributed by atoms with Gasteiger partial charge in [-0.2, -0.15) is 0 Å². The molecule has 0 amide bonds. The van der Waals surface area contributed by atoms with Crippen LogP contribution in [-0.4, -0.2) is 49.0 Å². The molecule has 6 heteroatoms. The maximum absolute atomic E-state index is 9.47. The highest BCUT2D eigenvalue weighted by atomic mass is 16.7. The van der Waals surface area contributed by atoms with E-state index in [0.29, 0.717) is 6.54 Å². The van der Waals surface area contributed by atoms with E-state index in [4.69, 9.17) is 19.9 Å². The monoisotopic (exact) mass is 488 g/mol. The fourth-order valence-electron chi connectivity index (χ4n) is 5.08. The molecule has 3 N–H and O–H groups in total. The van der Waals surface area contributed by atoms with Crippen molar-refractivity contribution in [3.63, 3.8) is 0 Å². The second-order valence-electron chi connectivity index (χ2n) is 9.76. The van der Waals surface area contributed by atoms with Gasteiger partial charge in [0.1, 0.15) is 0 Å².